The summed E-state index contributed by atoms with van der Waals surface area (Å²) in [6.07, 6.45) is -2.33. The maximum Gasteiger partial charge on any atom is 0.294 e. The first kappa shape index (κ1) is 30.4. The zero-order valence-electron chi connectivity index (χ0n) is 22.4. The predicted octanol–water partition coefficient (Wildman–Crippen LogP) is 3.21. The van der Waals surface area contributed by atoms with Crippen LogP contribution in [0.2, 0.25) is 0 Å². The van der Waals surface area contributed by atoms with Crippen LogP contribution in [0.25, 0.3) is 0 Å². The summed E-state index contributed by atoms with van der Waals surface area (Å²) in [6, 6.07) is 0. The van der Waals surface area contributed by atoms with E-state index in [9.17, 15) is 30.6 Å². The van der Waals surface area contributed by atoms with E-state index in [4.69, 9.17) is 19.1 Å². The number of piperidine rings is 2. The van der Waals surface area contributed by atoms with Gasteiger partial charge in [0.1, 0.15) is 0 Å². The Morgan fingerprint density at radius 2 is 0.917 bits per heavy atom. The molecule has 0 aliphatic carbocycles. The minimum atomic E-state index is -1.46. The molecule has 36 heavy (non-hydrogen) atoms. The molecule has 0 aromatic carbocycles. The van der Waals surface area contributed by atoms with E-state index in [0.717, 1.165) is 10.1 Å². The van der Waals surface area contributed by atoms with Crippen molar-refractivity contribution in [1.82, 2.24) is 10.1 Å². The van der Waals surface area contributed by atoms with Crippen LogP contribution in [-0.2, 0) is 19.1 Å². The molecule has 2 heterocycles. The van der Waals surface area contributed by atoms with Crippen molar-refractivity contribution in [3.8, 4) is 0 Å². The highest BCUT2D eigenvalue weighted by Gasteiger charge is 2.43. The molecule has 0 aromatic heterocycles. The van der Waals surface area contributed by atoms with Gasteiger partial charge in [0, 0.05) is 22.2 Å². The molecule has 2 unspecified atom stereocenters. The minimum Gasteiger partial charge on any atom is -0.784 e. The zero-order valence-corrected chi connectivity index (χ0v) is 22.4. The highest BCUT2D eigenvalue weighted by atomic mass is 17.0. The highest BCUT2D eigenvalue weighted by Crippen LogP contribution is 2.40. The average Bonchev–Trinajstić information content (AvgIpc) is 2.69. The van der Waals surface area contributed by atoms with Crippen molar-refractivity contribution in [2.75, 3.05) is 13.2 Å². The van der Waals surface area contributed by atoms with Crippen LogP contribution in [-0.4, -0.2) is 80.1 Å². The average molecular weight is 521 g/mol. The Kier molecular flexibility index (Phi) is 9.18. The largest absolute Gasteiger partial charge is 0.784 e. The van der Waals surface area contributed by atoms with Gasteiger partial charge in [-0.05, 0) is 81.1 Å². The summed E-state index contributed by atoms with van der Waals surface area (Å²) in [5, 5.41) is 47.5. The SMILES string of the molecule is CC1(C)CC(OCC(O[N+](=O)[O-])C(COC2CC(C)(C)N([O-])C(C)(C)C2)O[N+](=O)[O-])CC(C)(C)N1[O-]. The van der Waals surface area contributed by atoms with E-state index in [0.29, 0.717) is 25.7 Å². The van der Waals surface area contributed by atoms with Gasteiger partial charge in [-0.3, -0.25) is 0 Å². The molecule has 2 aliphatic rings. The summed E-state index contributed by atoms with van der Waals surface area (Å²) < 4.78 is 11.8. The van der Waals surface area contributed by atoms with Gasteiger partial charge in [0.15, 0.2) is 12.2 Å². The van der Waals surface area contributed by atoms with Crippen LogP contribution < -0.4 is 0 Å². The van der Waals surface area contributed by atoms with Crippen LogP contribution in [0.5, 0.6) is 0 Å². The summed E-state index contributed by atoms with van der Waals surface area (Å²) in [4.78, 5) is 31.8. The molecule has 0 saturated carbocycles. The van der Waals surface area contributed by atoms with Gasteiger partial charge in [0.05, 0.1) is 25.4 Å². The van der Waals surface area contributed by atoms with Gasteiger partial charge in [-0.2, -0.15) is 0 Å². The normalized spacial score (nSPS) is 26.2. The fourth-order valence-electron chi connectivity index (χ4n) is 5.67. The third-order valence-electron chi connectivity index (χ3n) is 6.96. The van der Waals surface area contributed by atoms with Crippen molar-refractivity contribution in [1.29, 1.82) is 0 Å². The second-order valence-corrected chi connectivity index (χ2v) is 12.3. The second kappa shape index (κ2) is 10.9. The molecule has 2 saturated heterocycles. The molecule has 2 rings (SSSR count). The fraction of sp³-hybridized carbons (Fsp3) is 1.00. The van der Waals surface area contributed by atoms with Crippen molar-refractivity contribution >= 4 is 0 Å². The molecule has 210 valence electrons. The third kappa shape index (κ3) is 7.59. The summed E-state index contributed by atoms with van der Waals surface area (Å²) in [5.41, 5.74) is -2.94. The van der Waals surface area contributed by atoms with Crippen LogP contribution >= 0.6 is 0 Å². The molecule has 0 amide bonds. The van der Waals surface area contributed by atoms with Crippen LogP contribution in [0.15, 0.2) is 0 Å². The van der Waals surface area contributed by atoms with Gasteiger partial charge in [-0.15, -0.1) is 20.2 Å². The molecule has 0 N–H and O–H groups in total. The van der Waals surface area contributed by atoms with Crippen LogP contribution in [0.1, 0.15) is 81.1 Å². The number of nitrogens with zero attached hydrogens (tertiary/aromatic N) is 4. The maximum atomic E-state index is 12.6. The Labute approximate surface area is 211 Å². The van der Waals surface area contributed by atoms with Crippen LogP contribution in [0.4, 0.5) is 0 Å². The van der Waals surface area contributed by atoms with Crippen LogP contribution in [0, 0.1) is 30.6 Å². The number of hydroxylamine groups is 4. The Bertz CT molecular complexity index is 691. The molecule has 0 spiro atoms. The first-order valence-corrected chi connectivity index (χ1v) is 12.1. The lowest BCUT2D eigenvalue weighted by Gasteiger charge is -2.59. The second-order valence-electron chi connectivity index (χ2n) is 12.3. The predicted molar refractivity (Wildman–Crippen MR) is 128 cm³/mol. The van der Waals surface area contributed by atoms with E-state index >= 15 is 0 Å². The van der Waals surface area contributed by atoms with Gasteiger partial charge in [-0.1, -0.05) is 0 Å². The highest BCUT2D eigenvalue weighted by molar-refractivity contribution is 5.02. The van der Waals surface area contributed by atoms with E-state index in [1.54, 1.807) is 55.4 Å². The first-order chi connectivity index (χ1) is 16.3. The molecule has 14 heteroatoms. The topological polar surface area (TPSA) is 176 Å². The van der Waals surface area contributed by atoms with Crippen LogP contribution in [0.3, 0.4) is 0 Å². The molecule has 0 radical (unpaired) electrons. The molecular formula is C22H40N4O10-2. The molecule has 2 fully saturated rings. The van der Waals surface area contributed by atoms with Gasteiger partial charge in [0.2, 0.25) is 0 Å². The van der Waals surface area contributed by atoms with Crippen molar-refractivity contribution in [3.05, 3.63) is 30.6 Å². The van der Waals surface area contributed by atoms with Crippen molar-refractivity contribution in [3.63, 3.8) is 0 Å². The van der Waals surface area contributed by atoms with Crippen molar-refractivity contribution in [2.45, 2.75) is 128 Å². The van der Waals surface area contributed by atoms with Gasteiger partial charge in [-0.25, -0.2) is 0 Å². The minimum absolute atomic E-state index is 0.361. The summed E-state index contributed by atoms with van der Waals surface area (Å²) >= 11 is 0. The number of rotatable bonds is 11. The first-order valence-electron chi connectivity index (χ1n) is 12.1. The lowest BCUT2D eigenvalue weighted by atomic mass is 9.80. The Morgan fingerprint density at radius 1 is 0.667 bits per heavy atom. The molecule has 2 atom stereocenters. The standard InChI is InChI=1S/C22H40N4O10/c1-19(2)9-15(10-20(3,4)23(19)27)33-13-17(35-25(29)30)18(36-26(31)32)14-34-16-11-21(5,6)24(28)22(7,8)12-16/h15-18H,9-14H2,1-8H3/q-2. The van der Waals surface area contributed by atoms with Gasteiger partial charge < -0.3 is 39.7 Å². The molecule has 0 aromatic rings. The lowest BCUT2D eigenvalue weighted by Crippen LogP contribution is -2.60. The maximum absolute atomic E-state index is 12.6. The number of ether oxygens (including phenoxy) is 2. The molecule has 14 nitrogen and oxygen atoms in total. The third-order valence-corrected chi connectivity index (χ3v) is 6.96. The lowest BCUT2D eigenvalue weighted by molar-refractivity contribution is -0.799. The van der Waals surface area contributed by atoms with Gasteiger partial charge in [0.25, 0.3) is 10.2 Å². The summed E-state index contributed by atoms with van der Waals surface area (Å²) in [6.45, 7) is 13.5. The van der Waals surface area contributed by atoms with E-state index in [1.807, 2.05) is 0 Å². The quantitative estimate of drug-likeness (QED) is 0.287. The fourth-order valence-corrected chi connectivity index (χ4v) is 5.67. The Balaban J connectivity index is 2.13. The van der Waals surface area contributed by atoms with Crippen molar-refractivity contribution in [2.24, 2.45) is 0 Å². The molecule has 0 bridgehead atoms. The number of hydrogen-bond donors (Lipinski definition) is 0. The monoisotopic (exact) mass is 520 g/mol. The molecular weight excluding hydrogens is 480 g/mol. The Morgan fingerprint density at radius 3 is 1.14 bits per heavy atom. The smallest absolute Gasteiger partial charge is 0.294 e. The summed E-state index contributed by atoms with van der Waals surface area (Å²) in [5.74, 6) is 0. The Hall–Kier alpha value is -1.84. The molecule has 2 aliphatic heterocycles. The van der Waals surface area contributed by atoms with E-state index in [1.165, 1.54) is 0 Å². The summed E-state index contributed by atoms with van der Waals surface area (Å²) in [7, 11) is 0. The number of hydrogen-bond acceptors (Lipinski definition) is 12. The van der Waals surface area contributed by atoms with E-state index in [-0.39, 0.29) is 13.2 Å². The van der Waals surface area contributed by atoms with E-state index < -0.39 is 56.7 Å². The van der Waals surface area contributed by atoms with Crippen molar-refractivity contribution < 1.29 is 29.3 Å². The van der Waals surface area contributed by atoms with E-state index in [2.05, 4.69) is 0 Å². The van der Waals surface area contributed by atoms with Gasteiger partial charge >= 0.3 is 0 Å². The zero-order chi connectivity index (χ0) is 27.7.